The van der Waals surface area contributed by atoms with Crippen LogP contribution in [0.4, 0.5) is 4.79 Å². The molecule has 1 unspecified atom stereocenters. The quantitative estimate of drug-likeness (QED) is 0.852. The SMILES string of the molecule is CC(CSc1nc2ccccc2s1)NC(=O)OC(C)(C)C. The van der Waals surface area contributed by atoms with Crippen LogP contribution >= 0.6 is 23.1 Å². The molecular formula is C15H20N2O2S2. The van der Waals surface area contributed by atoms with Crippen molar-refractivity contribution in [2.75, 3.05) is 5.75 Å². The number of carbonyl (C=O) groups excluding carboxylic acids is 1. The molecule has 1 atom stereocenters. The van der Waals surface area contributed by atoms with Crippen molar-refractivity contribution in [3.05, 3.63) is 24.3 Å². The predicted octanol–water partition coefficient (Wildman–Crippen LogP) is 4.30. The van der Waals surface area contributed by atoms with Crippen LogP contribution in [0.3, 0.4) is 0 Å². The van der Waals surface area contributed by atoms with Crippen molar-refractivity contribution in [2.45, 2.75) is 43.7 Å². The Morgan fingerprint density at radius 1 is 1.43 bits per heavy atom. The zero-order valence-corrected chi connectivity index (χ0v) is 14.3. The molecule has 0 bridgehead atoms. The fraction of sp³-hybridized carbons (Fsp3) is 0.467. The summed E-state index contributed by atoms with van der Waals surface area (Å²) in [7, 11) is 0. The van der Waals surface area contributed by atoms with Crippen LogP contribution in [0, 0.1) is 0 Å². The van der Waals surface area contributed by atoms with Gasteiger partial charge >= 0.3 is 6.09 Å². The normalized spacial score (nSPS) is 13.1. The van der Waals surface area contributed by atoms with Crippen molar-refractivity contribution in [3.63, 3.8) is 0 Å². The Morgan fingerprint density at radius 2 is 2.14 bits per heavy atom. The maximum atomic E-state index is 11.7. The molecule has 0 saturated heterocycles. The van der Waals surface area contributed by atoms with Gasteiger partial charge in [0, 0.05) is 11.8 Å². The van der Waals surface area contributed by atoms with Crippen LogP contribution < -0.4 is 5.32 Å². The van der Waals surface area contributed by atoms with Gasteiger partial charge in [-0.25, -0.2) is 9.78 Å². The maximum Gasteiger partial charge on any atom is 0.407 e. The zero-order valence-electron chi connectivity index (χ0n) is 12.7. The molecule has 6 heteroatoms. The largest absolute Gasteiger partial charge is 0.444 e. The molecule has 0 saturated carbocycles. The molecule has 1 aromatic carbocycles. The summed E-state index contributed by atoms with van der Waals surface area (Å²) >= 11 is 3.33. The highest BCUT2D eigenvalue weighted by molar-refractivity contribution is 8.01. The third-order valence-electron chi connectivity index (χ3n) is 2.49. The van der Waals surface area contributed by atoms with E-state index in [2.05, 4.69) is 16.4 Å². The number of nitrogens with zero attached hydrogens (tertiary/aromatic N) is 1. The first-order valence-electron chi connectivity index (χ1n) is 6.81. The highest BCUT2D eigenvalue weighted by atomic mass is 32.2. The second kappa shape index (κ2) is 6.66. The van der Waals surface area contributed by atoms with Gasteiger partial charge in [0.05, 0.1) is 10.2 Å². The van der Waals surface area contributed by atoms with Gasteiger partial charge in [0.25, 0.3) is 0 Å². The zero-order chi connectivity index (χ0) is 15.5. The number of hydrogen-bond acceptors (Lipinski definition) is 5. The second-order valence-electron chi connectivity index (χ2n) is 5.81. The van der Waals surface area contributed by atoms with Crippen molar-refractivity contribution in [1.29, 1.82) is 0 Å². The van der Waals surface area contributed by atoms with Crippen LogP contribution in [-0.4, -0.2) is 28.5 Å². The lowest BCUT2D eigenvalue weighted by atomic mass is 10.2. The second-order valence-corrected chi connectivity index (χ2v) is 8.10. The Bertz CT molecular complexity index is 586. The van der Waals surface area contributed by atoms with Gasteiger partial charge in [0.15, 0.2) is 4.34 Å². The van der Waals surface area contributed by atoms with E-state index in [1.807, 2.05) is 45.9 Å². The predicted molar refractivity (Wildman–Crippen MR) is 89.2 cm³/mol. The summed E-state index contributed by atoms with van der Waals surface area (Å²) in [6.45, 7) is 7.53. The van der Waals surface area contributed by atoms with Gasteiger partial charge in [0.2, 0.25) is 0 Å². The van der Waals surface area contributed by atoms with E-state index in [4.69, 9.17) is 4.74 Å². The molecule has 0 fully saturated rings. The van der Waals surface area contributed by atoms with Crippen molar-refractivity contribution < 1.29 is 9.53 Å². The fourth-order valence-corrected chi connectivity index (χ4v) is 3.70. The van der Waals surface area contributed by atoms with E-state index in [9.17, 15) is 4.79 Å². The number of fused-ring (bicyclic) bond motifs is 1. The van der Waals surface area contributed by atoms with Gasteiger partial charge in [-0.3, -0.25) is 0 Å². The van der Waals surface area contributed by atoms with Crippen LogP contribution in [-0.2, 0) is 4.74 Å². The molecule has 1 aromatic heterocycles. The van der Waals surface area contributed by atoms with E-state index in [1.54, 1.807) is 23.1 Å². The number of rotatable bonds is 4. The summed E-state index contributed by atoms with van der Waals surface area (Å²) in [6.07, 6.45) is -0.375. The molecule has 1 heterocycles. The molecule has 2 aromatic rings. The number of thiazole rings is 1. The molecule has 0 radical (unpaired) electrons. The molecule has 0 aliphatic heterocycles. The van der Waals surface area contributed by atoms with Crippen molar-refractivity contribution in [1.82, 2.24) is 10.3 Å². The first-order valence-corrected chi connectivity index (χ1v) is 8.61. The van der Waals surface area contributed by atoms with Crippen molar-refractivity contribution >= 4 is 39.4 Å². The number of ether oxygens (including phenoxy) is 1. The molecule has 2 rings (SSSR count). The Labute approximate surface area is 133 Å². The molecule has 1 amide bonds. The van der Waals surface area contributed by atoms with Gasteiger partial charge in [-0.2, -0.15) is 0 Å². The van der Waals surface area contributed by atoms with Crippen molar-refractivity contribution in [3.8, 4) is 0 Å². The average Bonchev–Trinajstić information content (AvgIpc) is 2.76. The number of benzene rings is 1. The molecular weight excluding hydrogens is 304 g/mol. The number of amides is 1. The Balaban J connectivity index is 1.83. The summed E-state index contributed by atoms with van der Waals surface area (Å²) in [5.74, 6) is 0.763. The third-order valence-corrected chi connectivity index (χ3v) is 4.93. The number of hydrogen-bond donors (Lipinski definition) is 1. The standard InChI is InChI=1S/C15H20N2O2S2/c1-10(16-13(18)19-15(2,3)4)9-20-14-17-11-7-5-6-8-12(11)21-14/h5-8,10H,9H2,1-4H3,(H,16,18). The molecule has 4 nitrogen and oxygen atoms in total. The number of nitrogens with one attached hydrogen (secondary N) is 1. The van der Waals surface area contributed by atoms with Crippen LogP contribution in [0.2, 0.25) is 0 Å². The Hall–Kier alpha value is -1.27. The maximum absolute atomic E-state index is 11.7. The number of para-hydroxylation sites is 1. The number of thioether (sulfide) groups is 1. The van der Waals surface area contributed by atoms with Gasteiger partial charge < -0.3 is 10.1 Å². The number of aromatic nitrogens is 1. The van der Waals surface area contributed by atoms with Crippen molar-refractivity contribution in [2.24, 2.45) is 0 Å². The van der Waals surface area contributed by atoms with Crippen LogP contribution in [0.25, 0.3) is 10.2 Å². The number of alkyl carbamates (subject to hydrolysis) is 1. The van der Waals surface area contributed by atoms with Gasteiger partial charge in [0.1, 0.15) is 5.60 Å². The monoisotopic (exact) mass is 324 g/mol. The van der Waals surface area contributed by atoms with E-state index >= 15 is 0 Å². The molecule has 21 heavy (non-hydrogen) atoms. The first-order chi connectivity index (χ1) is 9.83. The lowest BCUT2D eigenvalue weighted by Crippen LogP contribution is -2.38. The van der Waals surface area contributed by atoms with Crippen LogP contribution in [0.1, 0.15) is 27.7 Å². The first kappa shape index (κ1) is 16.1. The van der Waals surface area contributed by atoms with Crippen LogP contribution in [0.5, 0.6) is 0 Å². The molecule has 0 spiro atoms. The van der Waals surface area contributed by atoms with Gasteiger partial charge in [-0.1, -0.05) is 23.9 Å². The Morgan fingerprint density at radius 3 is 2.81 bits per heavy atom. The van der Waals surface area contributed by atoms with Gasteiger partial charge in [-0.05, 0) is 39.8 Å². The van der Waals surface area contributed by atoms with Gasteiger partial charge in [-0.15, -0.1) is 11.3 Å². The van der Waals surface area contributed by atoms with E-state index in [-0.39, 0.29) is 12.1 Å². The van der Waals surface area contributed by atoms with Crippen LogP contribution in [0.15, 0.2) is 28.6 Å². The minimum atomic E-state index is -0.468. The minimum absolute atomic E-state index is 0.0249. The summed E-state index contributed by atoms with van der Waals surface area (Å²) in [6, 6.07) is 8.11. The average molecular weight is 324 g/mol. The van der Waals surface area contributed by atoms with E-state index in [0.717, 1.165) is 15.6 Å². The molecule has 114 valence electrons. The van der Waals surface area contributed by atoms with E-state index in [0.29, 0.717) is 0 Å². The smallest absolute Gasteiger partial charge is 0.407 e. The minimum Gasteiger partial charge on any atom is -0.444 e. The highest BCUT2D eigenvalue weighted by Gasteiger charge is 2.18. The lowest BCUT2D eigenvalue weighted by molar-refractivity contribution is 0.0513. The third kappa shape index (κ3) is 5.21. The fourth-order valence-electron chi connectivity index (χ4n) is 1.66. The highest BCUT2D eigenvalue weighted by Crippen LogP contribution is 2.29. The molecule has 0 aliphatic rings. The van der Waals surface area contributed by atoms with E-state index < -0.39 is 5.60 Å². The lowest BCUT2D eigenvalue weighted by Gasteiger charge is -2.21. The summed E-state index contributed by atoms with van der Waals surface area (Å²) in [5.41, 5.74) is 0.557. The molecule has 0 aliphatic carbocycles. The summed E-state index contributed by atoms with van der Waals surface area (Å²) in [5, 5.41) is 2.84. The van der Waals surface area contributed by atoms with E-state index in [1.165, 1.54) is 4.70 Å². The molecule has 1 N–H and O–H groups in total. The number of carbonyl (C=O) groups is 1. The topological polar surface area (TPSA) is 51.2 Å². The Kier molecular flexibility index (Phi) is 5.11. The summed E-state index contributed by atoms with van der Waals surface area (Å²) in [4.78, 5) is 16.2. The summed E-state index contributed by atoms with van der Waals surface area (Å²) < 4.78 is 7.45.